The van der Waals surface area contributed by atoms with E-state index in [4.69, 9.17) is 18.9 Å². The van der Waals surface area contributed by atoms with Crippen molar-refractivity contribution in [2.45, 2.75) is 12.5 Å². The van der Waals surface area contributed by atoms with Crippen molar-refractivity contribution >= 4 is 5.91 Å². The van der Waals surface area contributed by atoms with E-state index in [-0.39, 0.29) is 17.8 Å². The fourth-order valence-electron chi connectivity index (χ4n) is 2.92. The highest BCUT2D eigenvalue weighted by molar-refractivity contribution is 5.95. The minimum absolute atomic E-state index is 0.238. The van der Waals surface area contributed by atoms with Gasteiger partial charge in [0.15, 0.2) is 11.5 Å². The fraction of sp³-hybridized carbons (Fsp3) is 0.316. The number of rotatable bonds is 6. The van der Waals surface area contributed by atoms with Crippen LogP contribution in [0.15, 0.2) is 30.3 Å². The third-order valence-electron chi connectivity index (χ3n) is 4.18. The zero-order valence-corrected chi connectivity index (χ0v) is 14.8. The SMILES string of the molecule is COc1cc(C(=O)NC[C@@H]2Cc3cc(F)ccc3O2)cc(OC)c1OC. The van der Waals surface area contributed by atoms with Gasteiger partial charge >= 0.3 is 0 Å². The summed E-state index contributed by atoms with van der Waals surface area (Å²) in [4.78, 5) is 12.5. The molecule has 0 spiro atoms. The van der Waals surface area contributed by atoms with Crippen molar-refractivity contribution < 1.29 is 28.1 Å². The molecule has 1 amide bonds. The number of fused-ring (bicyclic) bond motifs is 1. The summed E-state index contributed by atoms with van der Waals surface area (Å²) in [5.74, 6) is 1.28. The first-order chi connectivity index (χ1) is 12.5. The second-order valence-corrected chi connectivity index (χ2v) is 5.82. The van der Waals surface area contributed by atoms with Gasteiger partial charge in [-0.2, -0.15) is 0 Å². The monoisotopic (exact) mass is 361 g/mol. The van der Waals surface area contributed by atoms with Gasteiger partial charge in [-0.15, -0.1) is 0 Å². The number of benzene rings is 2. The minimum Gasteiger partial charge on any atom is -0.493 e. The first-order valence-corrected chi connectivity index (χ1v) is 8.09. The maximum Gasteiger partial charge on any atom is 0.251 e. The number of carbonyl (C=O) groups is 1. The third kappa shape index (κ3) is 3.51. The van der Waals surface area contributed by atoms with Crippen molar-refractivity contribution in [1.29, 1.82) is 0 Å². The van der Waals surface area contributed by atoms with Gasteiger partial charge in [0.05, 0.1) is 27.9 Å². The molecule has 2 aromatic carbocycles. The Hall–Kier alpha value is -2.96. The first-order valence-electron chi connectivity index (χ1n) is 8.09. The third-order valence-corrected chi connectivity index (χ3v) is 4.18. The molecule has 0 unspecified atom stereocenters. The normalized spacial score (nSPS) is 15.0. The molecule has 1 atom stereocenters. The molecule has 6 nitrogen and oxygen atoms in total. The number of amides is 1. The zero-order valence-electron chi connectivity index (χ0n) is 14.8. The fourth-order valence-corrected chi connectivity index (χ4v) is 2.92. The van der Waals surface area contributed by atoms with Gasteiger partial charge < -0.3 is 24.3 Å². The summed E-state index contributed by atoms with van der Waals surface area (Å²) in [6.45, 7) is 0.297. The van der Waals surface area contributed by atoms with Gasteiger partial charge in [-0.1, -0.05) is 0 Å². The smallest absolute Gasteiger partial charge is 0.251 e. The van der Waals surface area contributed by atoms with Gasteiger partial charge in [-0.3, -0.25) is 4.79 Å². The van der Waals surface area contributed by atoms with Crippen LogP contribution in [0.25, 0.3) is 0 Å². The van der Waals surface area contributed by atoms with E-state index in [9.17, 15) is 9.18 Å². The van der Waals surface area contributed by atoms with Crippen LogP contribution in [-0.4, -0.2) is 39.9 Å². The lowest BCUT2D eigenvalue weighted by atomic mass is 10.1. The van der Waals surface area contributed by atoms with Crippen LogP contribution < -0.4 is 24.3 Å². The Balaban J connectivity index is 1.67. The van der Waals surface area contributed by atoms with Crippen molar-refractivity contribution in [3.8, 4) is 23.0 Å². The lowest BCUT2D eigenvalue weighted by Gasteiger charge is -2.15. The summed E-state index contributed by atoms with van der Waals surface area (Å²) >= 11 is 0. The number of methoxy groups -OCH3 is 3. The molecule has 0 aromatic heterocycles. The van der Waals surface area contributed by atoms with Crippen molar-refractivity contribution in [3.63, 3.8) is 0 Å². The van der Waals surface area contributed by atoms with Crippen molar-refractivity contribution in [3.05, 3.63) is 47.3 Å². The largest absolute Gasteiger partial charge is 0.493 e. The number of ether oxygens (including phenoxy) is 4. The number of halogens is 1. The molecule has 0 aliphatic carbocycles. The summed E-state index contributed by atoms with van der Waals surface area (Å²) in [6.07, 6.45) is 0.306. The lowest BCUT2D eigenvalue weighted by molar-refractivity contribution is 0.0932. The predicted molar refractivity (Wildman–Crippen MR) is 93.0 cm³/mol. The van der Waals surface area contributed by atoms with E-state index in [0.29, 0.717) is 41.5 Å². The molecule has 0 saturated carbocycles. The van der Waals surface area contributed by atoms with Crippen LogP contribution in [0, 0.1) is 5.82 Å². The van der Waals surface area contributed by atoms with Crippen molar-refractivity contribution in [2.75, 3.05) is 27.9 Å². The van der Waals surface area contributed by atoms with Gasteiger partial charge in [0.2, 0.25) is 5.75 Å². The van der Waals surface area contributed by atoms with Crippen LogP contribution in [0.2, 0.25) is 0 Å². The molecule has 0 fully saturated rings. The summed E-state index contributed by atoms with van der Waals surface area (Å²) in [6, 6.07) is 7.57. The van der Waals surface area contributed by atoms with E-state index in [1.807, 2.05) is 0 Å². The van der Waals surface area contributed by atoms with E-state index in [1.54, 1.807) is 18.2 Å². The molecule has 3 rings (SSSR count). The van der Waals surface area contributed by atoms with E-state index in [0.717, 1.165) is 5.56 Å². The number of hydrogen-bond acceptors (Lipinski definition) is 5. The van der Waals surface area contributed by atoms with E-state index in [1.165, 1.54) is 33.5 Å². The molecule has 1 aliphatic rings. The summed E-state index contributed by atoms with van der Waals surface area (Å²) in [7, 11) is 4.47. The Morgan fingerprint density at radius 3 is 2.46 bits per heavy atom. The molecule has 1 aliphatic heterocycles. The molecule has 7 heteroatoms. The molecule has 0 radical (unpaired) electrons. The highest BCUT2D eigenvalue weighted by Crippen LogP contribution is 2.38. The standard InChI is InChI=1S/C19H20FNO5/c1-23-16-8-12(9-17(24-2)18(16)25-3)19(22)21-10-14-7-11-6-13(20)4-5-15(11)26-14/h4-6,8-9,14H,7,10H2,1-3H3,(H,21,22)/t14-/m0/s1. The predicted octanol–water partition coefficient (Wildman–Crippen LogP) is 2.59. The Labute approximate surface area is 150 Å². The van der Waals surface area contributed by atoms with Gasteiger partial charge in [-0.25, -0.2) is 4.39 Å². The number of hydrogen-bond donors (Lipinski definition) is 1. The number of nitrogens with one attached hydrogen (secondary N) is 1. The summed E-state index contributed by atoms with van der Waals surface area (Å²) < 4.78 is 34.8. The highest BCUT2D eigenvalue weighted by Gasteiger charge is 2.24. The molecular weight excluding hydrogens is 341 g/mol. The average molecular weight is 361 g/mol. The average Bonchev–Trinajstić information content (AvgIpc) is 3.06. The topological polar surface area (TPSA) is 66.0 Å². The van der Waals surface area contributed by atoms with Crippen LogP contribution in [0.1, 0.15) is 15.9 Å². The molecule has 2 aromatic rings. The van der Waals surface area contributed by atoms with E-state index < -0.39 is 0 Å². The van der Waals surface area contributed by atoms with E-state index >= 15 is 0 Å². The van der Waals surface area contributed by atoms with Gasteiger partial charge in [0.25, 0.3) is 5.91 Å². The maximum atomic E-state index is 13.3. The Morgan fingerprint density at radius 2 is 1.85 bits per heavy atom. The Morgan fingerprint density at radius 1 is 1.15 bits per heavy atom. The molecule has 0 bridgehead atoms. The number of carbonyl (C=O) groups excluding carboxylic acids is 1. The van der Waals surface area contributed by atoms with E-state index in [2.05, 4.69) is 5.32 Å². The summed E-state index contributed by atoms with van der Waals surface area (Å²) in [5.41, 5.74) is 1.18. The van der Waals surface area contributed by atoms with Crippen LogP contribution in [0.4, 0.5) is 4.39 Å². The Bertz CT molecular complexity index is 799. The second kappa shape index (κ2) is 7.51. The summed E-state index contributed by atoms with van der Waals surface area (Å²) in [5, 5.41) is 2.82. The second-order valence-electron chi connectivity index (χ2n) is 5.82. The molecule has 26 heavy (non-hydrogen) atoms. The quantitative estimate of drug-likeness (QED) is 0.857. The Kier molecular flexibility index (Phi) is 5.16. The zero-order chi connectivity index (χ0) is 18.7. The molecule has 1 heterocycles. The van der Waals surface area contributed by atoms with Gasteiger partial charge in [0, 0.05) is 17.5 Å². The van der Waals surface area contributed by atoms with Crippen LogP contribution in [0.3, 0.4) is 0 Å². The van der Waals surface area contributed by atoms with Gasteiger partial charge in [0.1, 0.15) is 17.7 Å². The minimum atomic E-state index is -0.297. The van der Waals surface area contributed by atoms with Crippen LogP contribution in [0.5, 0.6) is 23.0 Å². The maximum absolute atomic E-state index is 13.3. The van der Waals surface area contributed by atoms with Crippen LogP contribution in [-0.2, 0) is 6.42 Å². The highest BCUT2D eigenvalue weighted by atomic mass is 19.1. The van der Waals surface area contributed by atoms with Crippen molar-refractivity contribution in [1.82, 2.24) is 5.32 Å². The molecule has 0 saturated heterocycles. The van der Waals surface area contributed by atoms with Gasteiger partial charge in [-0.05, 0) is 30.3 Å². The molecule has 1 N–H and O–H groups in total. The van der Waals surface area contributed by atoms with Crippen LogP contribution >= 0.6 is 0 Å². The lowest BCUT2D eigenvalue weighted by Crippen LogP contribution is -2.34. The molecular formula is C19H20FNO5. The van der Waals surface area contributed by atoms with Crippen molar-refractivity contribution in [2.24, 2.45) is 0 Å². The molecule has 138 valence electrons. The first kappa shape index (κ1) is 17.8.